The first-order chi connectivity index (χ1) is 6.20. The van der Waals surface area contributed by atoms with E-state index in [0.717, 1.165) is 0 Å². The van der Waals surface area contributed by atoms with Crippen molar-refractivity contribution in [3.8, 4) is 0 Å². The molecule has 0 amide bonds. The standard InChI is InChI=1S/C3H9NO7S3/c5-12(6)1-4(2-13(7)8)3-14(9,10)11/h1-3H2,(H,5,6)(H,7,8)(H,9,10,11). The third-order valence-electron chi connectivity index (χ3n) is 0.932. The summed E-state index contributed by atoms with van der Waals surface area (Å²) in [6.45, 7) is 0. The molecule has 0 saturated heterocycles. The minimum absolute atomic E-state index is 0.633. The molecule has 0 heterocycles. The third-order valence-corrected chi connectivity index (χ3v) is 2.80. The lowest BCUT2D eigenvalue weighted by atomic mass is 11.0. The normalized spacial score (nSPS) is 16.9. The van der Waals surface area contributed by atoms with E-state index in [9.17, 15) is 16.8 Å². The molecule has 0 fully saturated rings. The zero-order valence-corrected chi connectivity index (χ0v) is 9.22. The summed E-state index contributed by atoms with van der Waals surface area (Å²) in [5.74, 6) is -2.23. The summed E-state index contributed by atoms with van der Waals surface area (Å²) in [6, 6.07) is 0. The van der Waals surface area contributed by atoms with Crippen molar-refractivity contribution in [3.05, 3.63) is 0 Å². The fraction of sp³-hybridized carbons (Fsp3) is 1.00. The minimum Gasteiger partial charge on any atom is -0.305 e. The highest BCUT2D eigenvalue weighted by Crippen LogP contribution is 1.96. The molecule has 2 atom stereocenters. The average Bonchev–Trinajstić information content (AvgIpc) is 1.77. The topological polar surface area (TPSA) is 132 Å². The minimum atomic E-state index is -4.38. The van der Waals surface area contributed by atoms with Gasteiger partial charge in [0.1, 0.15) is 17.6 Å². The molecule has 0 aliphatic carbocycles. The molecule has 0 spiro atoms. The summed E-state index contributed by atoms with van der Waals surface area (Å²) in [5.41, 5.74) is 0. The van der Waals surface area contributed by atoms with E-state index >= 15 is 0 Å². The van der Waals surface area contributed by atoms with Crippen molar-refractivity contribution in [1.29, 1.82) is 0 Å². The van der Waals surface area contributed by atoms with Crippen LogP contribution in [0, 0.1) is 0 Å². The zero-order chi connectivity index (χ0) is 11.4. The van der Waals surface area contributed by atoms with E-state index in [1.54, 1.807) is 0 Å². The maximum atomic E-state index is 10.4. The molecule has 0 aromatic rings. The van der Waals surface area contributed by atoms with Gasteiger partial charge in [0.25, 0.3) is 10.1 Å². The number of nitrogens with zero attached hydrogens (tertiary/aromatic N) is 1. The lowest BCUT2D eigenvalue weighted by molar-refractivity contribution is 0.375. The van der Waals surface area contributed by atoms with Crippen LogP contribution in [0.4, 0.5) is 0 Å². The van der Waals surface area contributed by atoms with Gasteiger partial charge in [-0.05, 0) is 0 Å². The Kier molecular flexibility index (Phi) is 5.88. The maximum absolute atomic E-state index is 10.4. The summed E-state index contributed by atoms with van der Waals surface area (Å²) in [5, 5.41) is 0. The van der Waals surface area contributed by atoms with Gasteiger partial charge in [-0.2, -0.15) is 8.42 Å². The predicted molar refractivity (Wildman–Crippen MR) is 49.5 cm³/mol. The second kappa shape index (κ2) is 5.85. The maximum Gasteiger partial charge on any atom is 0.278 e. The van der Waals surface area contributed by atoms with Crippen molar-refractivity contribution in [2.24, 2.45) is 0 Å². The summed E-state index contributed by atoms with van der Waals surface area (Å²) >= 11 is -4.68. The highest BCUT2D eigenvalue weighted by molar-refractivity contribution is 7.85. The third kappa shape index (κ3) is 8.68. The highest BCUT2D eigenvalue weighted by atomic mass is 32.2. The lowest BCUT2D eigenvalue weighted by Crippen LogP contribution is -2.34. The monoisotopic (exact) mass is 267 g/mol. The second-order valence-electron chi connectivity index (χ2n) is 2.28. The summed E-state index contributed by atoms with van der Waals surface area (Å²) in [4.78, 5) is 0.668. The molecule has 0 saturated carbocycles. The van der Waals surface area contributed by atoms with Crippen LogP contribution in [0.25, 0.3) is 0 Å². The molecule has 11 heteroatoms. The first-order valence-electron chi connectivity index (χ1n) is 3.03. The van der Waals surface area contributed by atoms with Crippen molar-refractivity contribution in [3.63, 3.8) is 0 Å². The number of rotatable bonds is 6. The van der Waals surface area contributed by atoms with E-state index in [1.807, 2.05) is 0 Å². The van der Waals surface area contributed by atoms with E-state index in [2.05, 4.69) is 0 Å². The SMILES string of the molecule is O=S(O)CN(CS(=O)O)CS(=O)(=O)O. The quantitative estimate of drug-likeness (QED) is 0.391. The Labute approximate surface area is 85.6 Å². The van der Waals surface area contributed by atoms with E-state index in [4.69, 9.17) is 13.7 Å². The molecule has 86 valence electrons. The smallest absolute Gasteiger partial charge is 0.278 e. The molecule has 3 N–H and O–H groups in total. The van der Waals surface area contributed by atoms with E-state index in [0.29, 0.717) is 4.90 Å². The van der Waals surface area contributed by atoms with Gasteiger partial charge >= 0.3 is 0 Å². The summed E-state index contributed by atoms with van der Waals surface area (Å²) in [6.07, 6.45) is 0. The summed E-state index contributed by atoms with van der Waals surface area (Å²) < 4.78 is 66.5. The van der Waals surface area contributed by atoms with E-state index in [-0.39, 0.29) is 0 Å². The lowest BCUT2D eigenvalue weighted by Gasteiger charge is -2.15. The van der Waals surface area contributed by atoms with Gasteiger partial charge in [-0.25, -0.2) is 8.42 Å². The van der Waals surface area contributed by atoms with Gasteiger partial charge < -0.3 is 9.11 Å². The van der Waals surface area contributed by atoms with Crippen molar-refractivity contribution < 1.29 is 30.5 Å². The van der Waals surface area contributed by atoms with Crippen LogP contribution in [0.2, 0.25) is 0 Å². The number of hydrogen-bond donors (Lipinski definition) is 3. The summed E-state index contributed by atoms with van der Waals surface area (Å²) in [7, 11) is -4.38. The van der Waals surface area contributed by atoms with Crippen LogP contribution in [0.5, 0.6) is 0 Å². The van der Waals surface area contributed by atoms with Gasteiger partial charge in [0.15, 0.2) is 22.2 Å². The van der Waals surface area contributed by atoms with Crippen LogP contribution in [-0.4, -0.2) is 53.0 Å². The van der Waals surface area contributed by atoms with Crippen LogP contribution in [0.3, 0.4) is 0 Å². The Morgan fingerprint density at radius 3 is 1.64 bits per heavy atom. The molecule has 0 rings (SSSR count). The van der Waals surface area contributed by atoms with Crippen molar-refractivity contribution in [2.45, 2.75) is 0 Å². The molecule has 14 heavy (non-hydrogen) atoms. The van der Waals surface area contributed by atoms with Crippen LogP contribution in [0.15, 0.2) is 0 Å². The molecule has 0 aromatic carbocycles. The highest BCUT2D eigenvalue weighted by Gasteiger charge is 2.17. The molecule has 0 aliphatic heterocycles. The fourth-order valence-electron chi connectivity index (χ4n) is 0.655. The molecule has 0 bridgehead atoms. The Bertz CT molecular complexity index is 307. The van der Waals surface area contributed by atoms with Crippen LogP contribution in [0.1, 0.15) is 0 Å². The van der Waals surface area contributed by atoms with Crippen molar-refractivity contribution in [2.75, 3.05) is 17.6 Å². The van der Waals surface area contributed by atoms with Gasteiger partial charge in [0.2, 0.25) is 0 Å². The van der Waals surface area contributed by atoms with Crippen molar-refractivity contribution in [1.82, 2.24) is 4.90 Å². The number of hydrogen-bond acceptors (Lipinski definition) is 5. The molecule has 0 aromatic heterocycles. The van der Waals surface area contributed by atoms with Crippen LogP contribution >= 0.6 is 0 Å². The molecule has 2 unspecified atom stereocenters. The zero-order valence-electron chi connectivity index (χ0n) is 6.77. The second-order valence-corrected chi connectivity index (χ2v) is 5.51. The Morgan fingerprint density at radius 1 is 1.07 bits per heavy atom. The van der Waals surface area contributed by atoms with Gasteiger partial charge in [-0.3, -0.25) is 9.45 Å². The Hall–Kier alpha value is 0.0900. The van der Waals surface area contributed by atoms with E-state index in [1.165, 1.54) is 0 Å². The van der Waals surface area contributed by atoms with Crippen LogP contribution in [-0.2, 0) is 32.3 Å². The largest absolute Gasteiger partial charge is 0.305 e. The fourth-order valence-corrected chi connectivity index (χ4v) is 2.64. The molecule has 8 nitrogen and oxygen atoms in total. The molecular formula is C3H9NO7S3. The molecule has 0 radical (unpaired) electrons. The average molecular weight is 267 g/mol. The van der Waals surface area contributed by atoms with Gasteiger partial charge in [-0.15, -0.1) is 0 Å². The Morgan fingerprint density at radius 2 is 1.43 bits per heavy atom. The van der Waals surface area contributed by atoms with Gasteiger partial charge in [0, 0.05) is 0 Å². The van der Waals surface area contributed by atoms with Gasteiger partial charge in [0.05, 0.1) is 0 Å². The van der Waals surface area contributed by atoms with E-state index < -0.39 is 49.9 Å². The predicted octanol–water partition coefficient (Wildman–Crippen LogP) is -1.51. The Balaban J connectivity index is 4.40. The molecular weight excluding hydrogens is 258 g/mol. The van der Waals surface area contributed by atoms with Crippen molar-refractivity contribution >= 4 is 32.3 Å². The van der Waals surface area contributed by atoms with Gasteiger partial charge in [-0.1, -0.05) is 0 Å². The van der Waals surface area contributed by atoms with Crippen LogP contribution < -0.4 is 0 Å². The first-order valence-corrected chi connectivity index (χ1v) is 7.19. The first kappa shape index (κ1) is 14.1. The molecule has 0 aliphatic rings.